The second-order valence-electron chi connectivity index (χ2n) is 7.07. The number of nitrogens with one attached hydrogen (secondary N) is 1. The molecule has 0 saturated heterocycles. The number of benzene rings is 1. The molecule has 140 valence electrons. The number of anilines is 1. The van der Waals surface area contributed by atoms with E-state index in [0.29, 0.717) is 10.6 Å². The number of carbonyl (C=O) groups is 2. The molecule has 0 unspecified atom stereocenters. The van der Waals surface area contributed by atoms with Crippen molar-refractivity contribution in [1.29, 1.82) is 10.5 Å². The molecule has 1 N–H and O–H groups in total. The molecule has 1 aromatic rings. The van der Waals surface area contributed by atoms with E-state index in [1.54, 1.807) is 18.7 Å². The van der Waals surface area contributed by atoms with E-state index in [1.807, 2.05) is 50.2 Å². The molecule has 0 radical (unpaired) electrons. The minimum Gasteiger partial charge on any atom is -0.319 e. The number of rotatable bonds is 5. The summed E-state index contributed by atoms with van der Waals surface area (Å²) in [6, 6.07) is 13.4. The van der Waals surface area contributed by atoms with Crippen molar-refractivity contribution in [2.45, 2.75) is 33.7 Å². The fourth-order valence-corrected chi connectivity index (χ4v) is 4.09. The maximum atomic E-state index is 12.8. The molecular formula is C20H22N4O2S. The largest absolute Gasteiger partial charge is 0.319 e. The monoisotopic (exact) mass is 382 g/mol. The van der Waals surface area contributed by atoms with Crippen molar-refractivity contribution in [1.82, 2.24) is 5.32 Å². The van der Waals surface area contributed by atoms with E-state index >= 15 is 0 Å². The molecule has 0 aromatic heterocycles. The Bertz CT molecular complexity index is 847. The van der Waals surface area contributed by atoms with Crippen LogP contribution in [0.15, 0.2) is 40.9 Å². The fourth-order valence-electron chi connectivity index (χ4n) is 3.06. The summed E-state index contributed by atoms with van der Waals surface area (Å²) in [5, 5.41) is 21.8. The van der Waals surface area contributed by atoms with Crippen molar-refractivity contribution in [3.05, 3.63) is 40.9 Å². The van der Waals surface area contributed by atoms with E-state index in [1.165, 1.54) is 0 Å². The summed E-state index contributed by atoms with van der Waals surface area (Å²) >= 11 is 1.12. The summed E-state index contributed by atoms with van der Waals surface area (Å²) in [7, 11) is 0. The first kappa shape index (κ1) is 20.5. The number of hydrogen-bond donors (Lipinski definition) is 1. The lowest BCUT2D eigenvalue weighted by Crippen LogP contribution is -2.45. The zero-order valence-electron chi connectivity index (χ0n) is 15.8. The van der Waals surface area contributed by atoms with Gasteiger partial charge in [0.1, 0.15) is 5.92 Å². The van der Waals surface area contributed by atoms with Gasteiger partial charge in [-0.25, -0.2) is 0 Å². The molecule has 1 aliphatic heterocycles. The lowest BCUT2D eigenvalue weighted by atomic mass is 9.72. The maximum Gasteiger partial charge on any atom is 0.243 e. The molecule has 0 spiro atoms. The molecule has 0 saturated carbocycles. The van der Waals surface area contributed by atoms with Crippen LogP contribution in [0.25, 0.3) is 0 Å². The first-order chi connectivity index (χ1) is 12.7. The van der Waals surface area contributed by atoms with E-state index in [4.69, 9.17) is 0 Å². The second kappa shape index (κ2) is 8.28. The Morgan fingerprint density at radius 2 is 1.93 bits per heavy atom. The Balaban J connectivity index is 2.25. The maximum absolute atomic E-state index is 12.8. The third kappa shape index (κ3) is 4.15. The quantitative estimate of drug-likeness (QED) is 0.843. The average molecular weight is 382 g/mol. The van der Waals surface area contributed by atoms with E-state index in [2.05, 4.69) is 11.4 Å². The highest BCUT2D eigenvalue weighted by atomic mass is 32.2. The highest BCUT2D eigenvalue weighted by Gasteiger charge is 2.44. The van der Waals surface area contributed by atoms with Gasteiger partial charge in [0, 0.05) is 17.1 Å². The van der Waals surface area contributed by atoms with Crippen LogP contribution in [0.2, 0.25) is 0 Å². The topological polar surface area (TPSA) is 97.0 Å². The van der Waals surface area contributed by atoms with Crippen LogP contribution in [-0.4, -0.2) is 23.6 Å². The lowest BCUT2D eigenvalue weighted by molar-refractivity contribution is -0.125. The Morgan fingerprint density at radius 1 is 1.30 bits per heavy atom. The summed E-state index contributed by atoms with van der Waals surface area (Å²) in [5.41, 5.74) is 0.210. The molecule has 0 bridgehead atoms. The van der Waals surface area contributed by atoms with Crippen LogP contribution in [0.1, 0.15) is 27.7 Å². The van der Waals surface area contributed by atoms with Crippen molar-refractivity contribution in [3.63, 3.8) is 0 Å². The van der Waals surface area contributed by atoms with Gasteiger partial charge < -0.3 is 10.2 Å². The van der Waals surface area contributed by atoms with Gasteiger partial charge in [-0.05, 0) is 26.0 Å². The number of allylic oxidation sites excluding steroid dienone is 1. The van der Waals surface area contributed by atoms with Gasteiger partial charge in [-0.3, -0.25) is 9.59 Å². The summed E-state index contributed by atoms with van der Waals surface area (Å²) in [4.78, 5) is 26.7. The van der Waals surface area contributed by atoms with E-state index in [0.717, 1.165) is 17.4 Å². The van der Waals surface area contributed by atoms with Crippen molar-refractivity contribution < 1.29 is 9.59 Å². The molecule has 0 fully saturated rings. The lowest BCUT2D eigenvalue weighted by Gasteiger charge is -2.34. The van der Waals surface area contributed by atoms with Crippen molar-refractivity contribution in [2.75, 3.05) is 10.7 Å². The minimum absolute atomic E-state index is 0.0368. The number of para-hydroxylation sites is 1. The smallest absolute Gasteiger partial charge is 0.243 e. The molecule has 7 heteroatoms. The highest BCUT2D eigenvalue weighted by Crippen LogP contribution is 2.41. The predicted octanol–water partition coefficient (Wildman–Crippen LogP) is 3.19. The van der Waals surface area contributed by atoms with Crippen LogP contribution >= 0.6 is 11.8 Å². The van der Waals surface area contributed by atoms with E-state index in [-0.39, 0.29) is 17.7 Å². The van der Waals surface area contributed by atoms with Gasteiger partial charge in [0.15, 0.2) is 0 Å². The zero-order chi connectivity index (χ0) is 20.2. The Labute approximate surface area is 163 Å². The first-order valence-corrected chi connectivity index (χ1v) is 9.57. The summed E-state index contributed by atoms with van der Waals surface area (Å²) in [6.45, 7) is 7.26. The van der Waals surface area contributed by atoms with Crippen LogP contribution in [-0.2, 0) is 9.59 Å². The van der Waals surface area contributed by atoms with Gasteiger partial charge in [0.05, 0.1) is 28.5 Å². The molecule has 2 amide bonds. The summed E-state index contributed by atoms with van der Waals surface area (Å²) < 4.78 is 0. The molecule has 27 heavy (non-hydrogen) atoms. The van der Waals surface area contributed by atoms with Crippen LogP contribution in [0, 0.1) is 34.0 Å². The summed E-state index contributed by atoms with van der Waals surface area (Å²) in [6.07, 6.45) is 0. The van der Waals surface area contributed by atoms with Crippen molar-refractivity contribution in [3.8, 4) is 12.1 Å². The number of nitrogens with zero attached hydrogens (tertiary/aromatic N) is 3. The van der Waals surface area contributed by atoms with E-state index < -0.39 is 17.2 Å². The average Bonchev–Trinajstić information content (AvgIpc) is 2.60. The first-order valence-electron chi connectivity index (χ1n) is 8.59. The molecule has 1 heterocycles. The highest BCUT2D eigenvalue weighted by molar-refractivity contribution is 8.03. The van der Waals surface area contributed by atoms with Gasteiger partial charge in [0.2, 0.25) is 11.8 Å². The summed E-state index contributed by atoms with van der Waals surface area (Å²) in [5.74, 6) is -1.44. The predicted molar refractivity (Wildman–Crippen MR) is 105 cm³/mol. The van der Waals surface area contributed by atoms with Crippen LogP contribution < -0.4 is 10.2 Å². The van der Waals surface area contributed by atoms with Crippen molar-refractivity contribution in [2.24, 2.45) is 11.3 Å². The Morgan fingerprint density at radius 3 is 2.44 bits per heavy atom. The fraction of sp³-hybridized carbons (Fsp3) is 0.400. The number of carbonyl (C=O) groups excluding carboxylic acids is 2. The molecule has 1 aromatic carbocycles. The molecular weight excluding hydrogens is 360 g/mol. The molecule has 6 nitrogen and oxygen atoms in total. The van der Waals surface area contributed by atoms with Gasteiger partial charge in [0.25, 0.3) is 0 Å². The normalized spacial score (nSPS) is 18.5. The number of amides is 2. The van der Waals surface area contributed by atoms with Gasteiger partial charge >= 0.3 is 0 Å². The van der Waals surface area contributed by atoms with Gasteiger partial charge in [-0.1, -0.05) is 43.8 Å². The van der Waals surface area contributed by atoms with Gasteiger partial charge in [-0.15, -0.1) is 0 Å². The zero-order valence-corrected chi connectivity index (χ0v) is 16.6. The Kier molecular flexibility index (Phi) is 6.30. The third-order valence-electron chi connectivity index (χ3n) is 4.49. The third-order valence-corrected chi connectivity index (χ3v) is 5.48. The van der Waals surface area contributed by atoms with Crippen LogP contribution in [0.5, 0.6) is 0 Å². The van der Waals surface area contributed by atoms with Crippen molar-refractivity contribution >= 4 is 29.3 Å². The SMILES string of the molecule is CC(C)N(C(=O)CSC1=C(C#N)C(C)(C)[C@H](C#N)C(=O)N1)c1ccccc1. The van der Waals surface area contributed by atoms with E-state index in [9.17, 15) is 20.1 Å². The number of thioether (sulfide) groups is 1. The molecule has 0 aliphatic carbocycles. The van der Waals surface area contributed by atoms with Gasteiger partial charge in [-0.2, -0.15) is 10.5 Å². The van der Waals surface area contributed by atoms with Crippen LogP contribution in [0.3, 0.4) is 0 Å². The molecule has 1 aliphatic rings. The second-order valence-corrected chi connectivity index (χ2v) is 8.06. The Hall–Kier alpha value is -2.77. The minimum atomic E-state index is -0.941. The number of hydrogen-bond acceptors (Lipinski definition) is 5. The molecule has 2 rings (SSSR count). The number of nitriles is 2. The standard InChI is InChI=1S/C20H22N4O2S/c1-13(2)24(14-8-6-5-7-9-14)17(25)12-27-19-16(11-22)20(3,4)15(10-21)18(26)23-19/h5-9,13,15H,12H2,1-4H3,(H,23,26)/t15-/m1/s1. The van der Waals surface area contributed by atoms with Crippen LogP contribution in [0.4, 0.5) is 5.69 Å². The molecule has 1 atom stereocenters.